The van der Waals surface area contributed by atoms with E-state index in [1.165, 1.54) is 18.2 Å². The number of esters is 1. The summed E-state index contributed by atoms with van der Waals surface area (Å²) in [6, 6.07) is 8.86. The molecule has 0 radical (unpaired) electrons. The minimum Gasteiger partial charge on any atom is -0.508 e. The summed E-state index contributed by atoms with van der Waals surface area (Å²) < 4.78 is 47.6. The molecular formula is C18H11F3O5. The SMILES string of the molecule is O=C(OCc1cc(=O)oc2cc(O)ccc12)c1ccc(C(F)(F)F)cc1. The van der Waals surface area contributed by atoms with Crippen LogP contribution in [-0.2, 0) is 17.5 Å². The molecule has 0 saturated carbocycles. The number of phenols is 1. The number of alkyl halides is 3. The summed E-state index contributed by atoms with van der Waals surface area (Å²) in [4.78, 5) is 23.6. The molecule has 0 aliphatic heterocycles. The number of benzene rings is 2. The predicted molar refractivity (Wildman–Crippen MR) is 84.7 cm³/mol. The van der Waals surface area contributed by atoms with E-state index < -0.39 is 23.3 Å². The number of carbonyl (C=O) groups excluding carboxylic acids is 1. The van der Waals surface area contributed by atoms with Crippen LogP contribution in [-0.4, -0.2) is 11.1 Å². The van der Waals surface area contributed by atoms with Crippen molar-refractivity contribution in [2.75, 3.05) is 0 Å². The van der Waals surface area contributed by atoms with Crippen molar-refractivity contribution in [2.45, 2.75) is 12.8 Å². The van der Waals surface area contributed by atoms with Crippen molar-refractivity contribution in [1.29, 1.82) is 0 Å². The van der Waals surface area contributed by atoms with E-state index in [9.17, 15) is 27.9 Å². The van der Waals surface area contributed by atoms with E-state index >= 15 is 0 Å². The highest BCUT2D eigenvalue weighted by molar-refractivity contribution is 5.89. The number of carbonyl (C=O) groups is 1. The molecule has 3 aromatic rings. The van der Waals surface area contributed by atoms with Crippen LogP contribution in [0, 0.1) is 0 Å². The second-order valence-electron chi connectivity index (χ2n) is 5.42. The van der Waals surface area contributed by atoms with Crippen LogP contribution in [0.15, 0.2) is 57.7 Å². The number of ether oxygens (including phenoxy) is 1. The molecule has 1 N–H and O–H groups in total. The van der Waals surface area contributed by atoms with Crippen LogP contribution < -0.4 is 5.63 Å². The molecule has 26 heavy (non-hydrogen) atoms. The van der Waals surface area contributed by atoms with Crippen molar-refractivity contribution in [2.24, 2.45) is 0 Å². The van der Waals surface area contributed by atoms with Crippen LogP contribution >= 0.6 is 0 Å². The minimum atomic E-state index is -4.50. The maximum atomic E-state index is 12.5. The summed E-state index contributed by atoms with van der Waals surface area (Å²) in [5.74, 6) is -0.932. The standard InChI is InChI=1S/C18H11F3O5/c19-18(20,21)12-3-1-10(2-4-12)17(24)25-9-11-7-16(23)26-15-8-13(22)5-6-14(11)15/h1-8,22H,9H2. The summed E-state index contributed by atoms with van der Waals surface area (Å²) in [5, 5.41) is 9.89. The first-order valence-electron chi connectivity index (χ1n) is 7.34. The molecule has 0 spiro atoms. The number of hydrogen-bond donors (Lipinski definition) is 1. The largest absolute Gasteiger partial charge is 0.508 e. The predicted octanol–water partition coefficient (Wildman–Crippen LogP) is 3.87. The number of rotatable bonds is 3. The zero-order chi connectivity index (χ0) is 18.9. The first kappa shape index (κ1) is 17.5. The van der Waals surface area contributed by atoms with Crippen molar-refractivity contribution in [1.82, 2.24) is 0 Å². The molecule has 0 fully saturated rings. The summed E-state index contributed by atoms with van der Waals surface area (Å²) >= 11 is 0. The van der Waals surface area contributed by atoms with Gasteiger partial charge in [0.1, 0.15) is 17.9 Å². The monoisotopic (exact) mass is 364 g/mol. The Balaban J connectivity index is 1.80. The van der Waals surface area contributed by atoms with E-state index in [0.717, 1.165) is 30.3 Å². The normalized spacial score (nSPS) is 11.5. The molecule has 0 unspecified atom stereocenters. The lowest BCUT2D eigenvalue weighted by Gasteiger charge is -2.09. The molecule has 8 heteroatoms. The molecule has 0 aliphatic rings. The summed E-state index contributed by atoms with van der Waals surface area (Å²) in [7, 11) is 0. The Bertz CT molecular complexity index is 1020. The molecule has 0 aliphatic carbocycles. The number of phenolic OH excluding ortho intramolecular Hbond substituents is 1. The molecule has 2 aromatic carbocycles. The van der Waals surface area contributed by atoms with Gasteiger partial charge in [0.25, 0.3) is 0 Å². The summed E-state index contributed by atoms with van der Waals surface area (Å²) in [5.41, 5.74) is -1.15. The Kier molecular flexibility index (Phi) is 4.41. The Labute approximate surface area is 144 Å². The zero-order valence-corrected chi connectivity index (χ0v) is 13.0. The Hall–Kier alpha value is -3.29. The summed E-state index contributed by atoms with van der Waals surface area (Å²) in [6.07, 6.45) is -4.50. The quantitative estimate of drug-likeness (QED) is 0.564. The van der Waals surface area contributed by atoms with E-state index in [1.54, 1.807) is 0 Å². The molecule has 0 atom stereocenters. The van der Waals surface area contributed by atoms with E-state index in [4.69, 9.17) is 9.15 Å². The van der Waals surface area contributed by atoms with Crippen molar-refractivity contribution in [3.8, 4) is 5.75 Å². The van der Waals surface area contributed by atoms with E-state index in [2.05, 4.69) is 0 Å². The number of hydrogen-bond acceptors (Lipinski definition) is 5. The van der Waals surface area contributed by atoms with Gasteiger partial charge in [-0.1, -0.05) is 0 Å². The Morgan fingerprint density at radius 1 is 1.08 bits per heavy atom. The second kappa shape index (κ2) is 6.55. The van der Waals surface area contributed by atoms with Gasteiger partial charge in [0.05, 0.1) is 11.1 Å². The zero-order valence-electron chi connectivity index (χ0n) is 13.0. The van der Waals surface area contributed by atoms with E-state index in [-0.39, 0.29) is 23.5 Å². The fourth-order valence-corrected chi connectivity index (χ4v) is 2.36. The van der Waals surface area contributed by atoms with Crippen molar-refractivity contribution in [3.63, 3.8) is 0 Å². The Morgan fingerprint density at radius 3 is 2.42 bits per heavy atom. The maximum Gasteiger partial charge on any atom is 0.416 e. The third-order valence-electron chi connectivity index (χ3n) is 3.62. The third kappa shape index (κ3) is 3.69. The van der Waals surface area contributed by atoms with Crippen molar-refractivity contribution < 1.29 is 32.2 Å². The highest BCUT2D eigenvalue weighted by Crippen LogP contribution is 2.29. The second-order valence-corrected chi connectivity index (χ2v) is 5.42. The van der Waals surface area contributed by atoms with Crippen LogP contribution in [0.1, 0.15) is 21.5 Å². The number of aromatic hydroxyl groups is 1. The lowest BCUT2D eigenvalue weighted by molar-refractivity contribution is -0.137. The molecule has 5 nitrogen and oxygen atoms in total. The number of halogens is 3. The molecule has 0 saturated heterocycles. The van der Waals surface area contributed by atoms with Crippen LogP contribution in [0.25, 0.3) is 11.0 Å². The average Bonchev–Trinajstić information content (AvgIpc) is 2.58. The lowest BCUT2D eigenvalue weighted by atomic mass is 10.1. The van der Waals surface area contributed by atoms with Crippen LogP contribution in [0.2, 0.25) is 0 Å². The van der Waals surface area contributed by atoms with Gasteiger partial charge < -0.3 is 14.3 Å². The fraction of sp³-hybridized carbons (Fsp3) is 0.111. The Morgan fingerprint density at radius 2 is 1.77 bits per heavy atom. The van der Waals surface area contributed by atoms with Gasteiger partial charge in [0.15, 0.2) is 0 Å². The molecule has 0 bridgehead atoms. The topological polar surface area (TPSA) is 76.7 Å². The van der Waals surface area contributed by atoms with Gasteiger partial charge in [-0.25, -0.2) is 9.59 Å². The first-order chi connectivity index (χ1) is 12.2. The molecule has 3 rings (SSSR count). The molecule has 1 heterocycles. The van der Waals surface area contributed by atoms with Crippen molar-refractivity contribution in [3.05, 3.63) is 75.6 Å². The number of fused-ring (bicyclic) bond motifs is 1. The van der Waals surface area contributed by atoms with Crippen LogP contribution in [0.4, 0.5) is 13.2 Å². The van der Waals surface area contributed by atoms with E-state index in [1.807, 2.05) is 0 Å². The lowest BCUT2D eigenvalue weighted by Crippen LogP contribution is -2.09. The van der Waals surface area contributed by atoms with Gasteiger partial charge in [0, 0.05) is 23.1 Å². The third-order valence-corrected chi connectivity index (χ3v) is 3.62. The first-order valence-corrected chi connectivity index (χ1v) is 7.34. The van der Waals surface area contributed by atoms with Gasteiger partial charge in [-0.2, -0.15) is 13.2 Å². The fourth-order valence-electron chi connectivity index (χ4n) is 2.36. The average molecular weight is 364 g/mol. The molecular weight excluding hydrogens is 353 g/mol. The van der Waals surface area contributed by atoms with Crippen LogP contribution in [0.3, 0.4) is 0 Å². The van der Waals surface area contributed by atoms with Gasteiger partial charge in [-0.05, 0) is 36.4 Å². The van der Waals surface area contributed by atoms with Crippen LogP contribution in [0.5, 0.6) is 5.75 Å². The van der Waals surface area contributed by atoms with Gasteiger partial charge >= 0.3 is 17.8 Å². The van der Waals surface area contributed by atoms with E-state index in [0.29, 0.717) is 10.9 Å². The maximum absolute atomic E-state index is 12.5. The highest BCUT2D eigenvalue weighted by Gasteiger charge is 2.30. The van der Waals surface area contributed by atoms with Crippen molar-refractivity contribution >= 4 is 16.9 Å². The summed E-state index contributed by atoms with van der Waals surface area (Å²) in [6.45, 7) is -0.285. The van der Waals surface area contributed by atoms with Gasteiger partial charge in [-0.3, -0.25) is 0 Å². The molecule has 0 amide bonds. The smallest absolute Gasteiger partial charge is 0.416 e. The van der Waals surface area contributed by atoms with Gasteiger partial charge in [0.2, 0.25) is 0 Å². The molecule has 1 aromatic heterocycles. The minimum absolute atomic E-state index is 0.0529. The van der Waals surface area contributed by atoms with Gasteiger partial charge in [-0.15, -0.1) is 0 Å². The highest BCUT2D eigenvalue weighted by atomic mass is 19.4. The molecule has 134 valence electrons.